The minimum Gasteiger partial charge on any atom is -0.481 e. The van der Waals surface area contributed by atoms with Crippen LogP contribution in [0.3, 0.4) is 0 Å². The molecule has 2 rings (SSSR count). The van der Waals surface area contributed by atoms with Crippen molar-refractivity contribution < 1.29 is 14.7 Å². The number of aryl methyl sites for hydroxylation is 1. The largest absolute Gasteiger partial charge is 0.481 e. The number of carbonyl (C=O) groups excluding carboxylic acids is 1. The van der Waals surface area contributed by atoms with E-state index in [1.807, 2.05) is 23.1 Å². The van der Waals surface area contributed by atoms with Gasteiger partial charge in [-0.3, -0.25) is 9.59 Å². The number of unbranched alkanes of at least 4 members (excludes halogenated alkanes) is 1. The fourth-order valence-corrected chi connectivity index (χ4v) is 3.01. The molecule has 1 aliphatic heterocycles. The molecule has 1 atom stereocenters. The summed E-state index contributed by atoms with van der Waals surface area (Å²) in [5, 5.41) is 12.2. The Morgan fingerprint density at radius 2 is 2.00 bits per heavy atom. The van der Waals surface area contributed by atoms with Gasteiger partial charge >= 0.3 is 5.97 Å². The van der Waals surface area contributed by atoms with Crippen LogP contribution in [0.4, 0.5) is 0 Å². The summed E-state index contributed by atoms with van der Waals surface area (Å²) in [6, 6.07) is 10.3. The maximum atomic E-state index is 12.3. The van der Waals surface area contributed by atoms with Crippen LogP contribution in [0, 0.1) is 5.92 Å². The van der Waals surface area contributed by atoms with Crippen molar-refractivity contribution in [2.45, 2.75) is 32.1 Å². The van der Waals surface area contributed by atoms with E-state index < -0.39 is 5.97 Å². The molecular formula is C18H26N2O3. The zero-order chi connectivity index (χ0) is 16.5. The quantitative estimate of drug-likeness (QED) is 0.754. The van der Waals surface area contributed by atoms with Crippen LogP contribution in [0.5, 0.6) is 0 Å². The lowest BCUT2D eigenvalue weighted by Gasteiger charge is -2.23. The molecule has 0 aromatic heterocycles. The Morgan fingerprint density at radius 1 is 1.22 bits per heavy atom. The molecule has 126 valence electrons. The van der Waals surface area contributed by atoms with E-state index in [1.165, 1.54) is 5.56 Å². The second kappa shape index (κ2) is 9.30. The van der Waals surface area contributed by atoms with Crippen molar-refractivity contribution in [3.63, 3.8) is 0 Å². The molecule has 0 unspecified atom stereocenters. The van der Waals surface area contributed by atoms with Crippen LogP contribution in [0.2, 0.25) is 0 Å². The number of carbonyl (C=O) groups is 2. The summed E-state index contributed by atoms with van der Waals surface area (Å²) in [6.45, 7) is 2.64. The predicted molar refractivity (Wildman–Crippen MR) is 89.2 cm³/mol. The molecule has 23 heavy (non-hydrogen) atoms. The molecule has 0 radical (unpaired) electrons. The van der Waals surface area contributed by atoms with E-state index in [0.717, 1.165) is 25.8 Å². The van der Waals surface area contributed by atoms with E-state index >= 15 is 0 Å². The first-order valence-corrected chi connectivity index (χ1v) is 8.39. The summed E-state index contributed by atoms with van der Waals surface area (Å²) in [5.41, 5.74) is 1.31. The highest BCUT2D eigenvalue weighted by Crippen LogP contribution is 2.12. The van der Waals surface area contributed by atoms with Gasteiger partial charge in [-0.1, -0.05) is 30.3 Å². The summed E-state index contributed by atoms with van der Waals surface area (Å²) in [7, 11) is 0. The molecule has 2 N–H and O–H groups in total. The van der Waals surface area contributed by atoms with E-state index in [-0.39, 0.29) is 18.2 Å². The van der Waals surface area contributed by atoms with E-state index in [1.54, 1.807) is 0 Å². The van der Waals surface area contributed by atoms with Crippen molar-refractivity contribution in [1.29, 1.82) is 0 Å². The monoisotopic (exact) mass is 318 g/mol. The van der Waals surface area contributed by atoms with Crippen molar-refractivity contribution >= 4 is 11.9 Å². The van der Waals surface area contributed by atoms with Crippen molar-refractivity contribution in [1.82, 2.24) is 10.2 Å². The number of rotatable bonds is 7. The normalized spacial score (nSPS) is 18.4. The third kappa shape index (κ3) is 6.40. The number of carboxylic acids is 1. The fourth-order valence-electron chi connectivity index (χ4n) is 3.01. The number of hydrogen-bond donors (Lipinski definition) is 2. The number of hydrogen-bond acceptors (Lipinski definition) is 3. The molecule has 0 spiro atoms. The third-order valence-corrected chi connectivity index (χ3v) is 4.24. The lowest BCUT2D eigenvalue weighted by Crippen LogP contribution is -2.36. The van der Waals surface area contributed by atoms with Gasteiger partial charge in [-0.2, -0.15) is 0 Å². The lowest BCUT2D eigenvalue weighted by atomic mass is 10.0. The lowest BCUT2D eigenvalue weighted by molar-refractivity contribution is -0.139. The zero-order valence-corrected chi connectivity index (χ0v) is 13.5. The van der Waals surface area contributed by atoms with Crippen LogP contribution in [-0.4, -0.2) is 48.1 Å². The minimum absolute atomic E-state index is 0.00303. The number of amides is 1. The second-order valence-electron chi connectivity index (χ2n) is 6.20. The summed E-state index contributed by atoms with van der Waals surface area (Å²) in [4.78, 5) is 25.0. The number of carboxylic acid groups (broad SMARTS) is 1. The number of benzene rings is 1. The fraction of sp³-hybridized carbons (Fsp3) is 0.556. The maximum Gasteiger partial charge on any atom is 0.303 e. The van der Waals surface area contributed by atoms with E-state index in [4.69, 9.17) is 5.11 Å². The van der Waals surface area contributed by atoms with Gasteiger partial charge in [0, 0.05) is 32.6 Å². The molecule has 0 saturated carbocycles. The Kier molecular flexibility index (Phi) is 7.07. The Morgan fingerprint density at radius 3 is 2.74 bits per heavy atom. The molecule has 1 aromatic carbocycles. The highest BCUT2D eigenvalue weighted by atomic mass is 16.4. The van der Waals surface area contributed by atoms with Crippen LogP contribution in [0.15, 0.2) is 30.3 Å². The number of aliphatic carboxylic acids is 1. The van der Waals surface area contributed by atoms with Crippen LogP contribution >= 0.6 is 0 Å². The van der Waals surface area contributed by atoms with E-state index in [9.17, 15) is 9.59 Å². The van der Waals surface area contributed by atoms with Gasteiger partial charge in [0.05, 0.1) is 6.42 Å². The summed E-state index contributed by atoms with van der Waals surface area (Å²) >= 11 is 0. The van der Waals surface area contributed by atoms with Crippen LogP contribution in [0.25, 0.3) is 0 Å². The van der Waals surface area contributed by atoms with E-state index in [2.05, 4.69) is 17.4 Å². The Bertz CT molecular complexity index is 504. The first kappa shape index (κ1) is 17.5. The van der Waals surface area contributed by atoms with Gasteiger partial charge in [-0.25, -0.2) is 0 Å². The van der Waals surface area contributed by atoms with Gasteiger partial charge in [0.15, 0.2) is 0 Å². The molecule has 1 aliphatic rings. The van der Waals surface area contributed by atoms with Crippen molar-refractivity contribution in [2.24, 2.45) is 5.92 Å². The molecule has 1 saturated heterocycles. The summed E-state index contributed by atoms with van der Waals surface area (Å²) in [6.07, 6.45) is 3.54. The van der Waals surface area contributed by atoms with Gasteiger partial charge in [0.25, 0.3) is 0 Å². The minimum atomic E-state index is -0.797. The third-order valence-electron chi connectivity index (χ3n) is 4.24. The Balaban J connectivity index is 1.72. The summed E-state index contributed by atoms with van der Waals surface area (Å²) < 4.78 is 0. The van der Waals surface area contributed by atoms with Gasteiger partial charge in [0.1, 0.15) is 0 Å². The van der Waals surface area contributed by atoms with E-state index in [0.29, 0.717) is 26.1 Å². The van der Waals surface area contributed by atoms with Gasteiger partial charge in [0.2, 0.25) is 5.91 Å². The van der Waals surface area contributed by atoms with Crippen LogP contribution in [0.1, 0.15) is 31.2 Å². The zero-order valence-electron chi connectivity index (χ0n) is 13.5. The number of nitrogens with one attached hydrogen (secondary N) is 1. The summed E-state index contributed by atoms with van der Waals surface area (Å²) in [5.74, 6) is -0.644. The average Bonchev–Trinajstić information content (AvgIpc) is 2.77. The SMILES string of the molecule is O=C(O)C[C@@H]1CNCCN(C(=O)CCCCc2ccccc2)C1. The molecule has 1 amide bonds. The first-order chi connectivity index (χ1) is 11.1. The van der Waals surface area contributed by atoms with Crippen molar-refractivity contribution in [2.75, 3.05) is 26.2 Å². The van der Waals surface area contributed by atoms with Gasteiger partial charge in [-0.15, -0.1) is 0 Å². The average molecular weight is 318 g/mol. The molecule has 5 nitrogen and oxygen atoms in total. The molecule has 0 aliphatic carbocycles. The Labute approximate surface area is 137 Å². The molecule has 5 heteroatoms. The molecule has 1 fully saturated rings. The molecule has 1 heterocycles. The van der Waals surface area contributed by atoms with Gasteiger partial charge in [-0.05, 0) is 30.7 Å². The first-order valence-electron chi connectivity index (χ1n) is 8.39. The van der Waals surface area contributed by atoms with Gasteiger partial charge < -0.3 is 15.3 Å². The van der Waals surface area contributed by atoms with Crippen LogP contribution in [-0.2, 0) is 16.0 Å². The highest BCUT2D eigenvalue weighted by molar-refractivity contribution is 5.76. The molecule has 0 bridgehead atoms. The maximum absolute atomic E-state index is 12.3. The second-order valence-corrected chi connectivity index (χ2v) is 6.20. The molecule has 1 aromatic rings. The van der Waals surface area contributed by atoms with Crippen molar-refractivity contribution in [3.05, 3.63) is 35.9 Å². The predicted octanol–water partition coefficient (Wildman–Crippen LogP) is 1.92. The smallest absolute Gasteiger partial charge is 0.303 e. The van der Waals surface area contributed by atoms with Crippen molar-refractivity contribution in [3.8, 4) is 0 Å². The highest BCUT2D eigenvalue weighted by Gasteiger charge is 2.23. The standard InChI is InChI=1S/C18H26N2O3/c21-17(9-5-4-8-15-6-2-1-3-7-15)20-11-10-19-13-16(14-20)12-18(22)23/h1-3,6-7,16,19H,4-5,8-14H2,(H,22,23)/t16-/m1/s1. The molecular weight excluding hydrogens is 292 g/mol. The number of nitrogens with zero attached hydrogens (tertiary/aromatic N) is 1. The topological polar surface area (TPSA) is 69.6 Å². The Hall–Kier alpha value is -1.88. The van der Waals surface area contributed by atoms with Crippen LogP contribution < -0.4 is 5.32 Å².